The normalized spacial score (nSPS) is 12.0. The number of hydrogen-bond acceptors (Lipinski definition) is 2. The number of rotatable bonds is 56. The summed E-state index contributed by atoms with van der Waals surface area (Å²) in [5.74, 6) is 0. The first-order valence-corrected chi connectivity index (χ1v) is 33.5. The Morgan fingerprint density at radius 1 is 0.284 bits per heavy atom. The molecule has 0 aromatic heterocycles. The summed E-state index contributed by atoms with van der Waals surface area (Å²) in [6.07, 6.45) is 74.8. The molecule has 2 aromatic carbocycles. The van der Waals surface area contributed by atoms with E-state index in [2.05, 4.69) is 76.2 Å². The summed E-state index contributed by atoms with van der Waals surface area (Å²) < 4.78 is 0. The third-order valence-corrected chi connectivity index (χ3v) is 16.2. The molecule has 0 aliphatic carbocycles. The molecule has 0 saturated heterocycles. The summed E-state index contributed by atoms with van der Waals surface area (Å²) in [7, 11) is 0. The van der Waals surface area contributed by atoms with Crippen molar-refractivity contribution in [3.05, 3.63) is 59.7 Å². The molecular weight excluding hydrogens is 987 g/mol. The summed E-state index contributed by atoms with van der Waals surface area (Å²) in [4.78, 5) is 10.4. The molecule has 0 aliphatic rings. The number of nitrogens with zero attached hydrogens (tertiary/aromatic N) is 2. The summed E-state index contributed by atoms with van der Waals surface area (Å²) in [5.41, 5.74) is 7.23. The molecule has 0 fully saturated rings. The number of unbranched alkanes of at least 4 members (excludes halogenated alkanes) is 47. The van der Waals surface area contributed by atoms with E-state index in [1.54, 1.807) is 0 Å². The predicted molar refractivity (Wildman–Crippen MR) is 333 cm³/mol. The van der Waals surface area contributed by atoms with Crippen LogP contribution in [0.1, 0.15) is 366 Å². The average molecular weight is 1110 g/mol. The average Bonchev–Trinajstić information content (AvgIpc) is 3.40. The standard InChI is InChI=1S/C71H126N2.Pd/c1-5-8-11-13-15-17-19-21-23-25-27-29-31-33-35-37-39-41-43-45-47-49-51-53-57-67-59-55-61-69(64-67)72-66(4)71(63-10-7-3)73-70-62-56-60-68(65-70)58-54-52-50-48-46-44-42-40-38-36-34-32-30-28-26-24-22-20-18-16-14-12-9-6-2;/h55-56,59-62,64-65H,5-54,57-58,63H2,1-4H3;. The fraction of sp³-hybridized carbons (Fsp3) is 0.803. The zero-order valence-electron chi connectivity index (χ0n) is 50.3. The van der Waals surface area contributed by atoms with Gasteiger partial charge in [0.25, 0.3) is 0 Å². The van der Waals surface area contributed by atoms with Gasteiger partial charge >= 0.3 is 0 Å². The molecule has 0 atom stereocenters. The van der Waals surface area contributed by atoms with Gasteiger partial charge in [0.15, 0.2) is 0 Å². The number of aryl methyl sites for hydroxylation is 2. The van der Waals surface area contributed by atoms with Crippen molar-refractivity contribution < 1.29 is 20.4 Å². The molecule has 0 spiro atoms. The van der Waals surface area contributed by atoms with E-state index in [0.717, 1.165) is 48.5 Å². The summed E-state index contributed by atoms with van der Waals surface area (Å²) >= 11 is 0. The minimum atomic E-state index is 0. The van der Waals surface area contributed by atoms with Crippen molar-refractivity contribution in [2.75, 3.05) is 0 Å². The van der Waals surface area contributed by atoms with Crippen molar-refractivity contribution in [2.45, 2.75) is 368 Å². The third kappa shape index (κ3) is 45.5. The number of benzene rings is 2. The van der Waals surface area contributed by atoms with Crippen LogP contribution < -0.4 is 0 Å². The molecular formula is C71H126N2Pd. The Morgan fingerprint density at radius 3 is 0.770 bits per heavy atom. The van der Waals surface area contributed by atoms with Gasteiger partial charge in [0.05, 0.1) is 22.8 Å². The smallest absolute Gasteiger partial charge is 0.0636 e. The maximum absolute atomic E-state index is 5.24. The molecule has 3 heteroatoms. The Balaban J connectivity index is 0.0000274. The number of aliphatic imine (C=N–C) groups is 2. The molecule has 0 saturated carbocycles. The van der Waals surface area contributed by atoms with Gasteiger partial charge < -0.3 is 0 Å². The van der Waals surface area contributed by atoms with Gasteiger partial charge in [-0.25, -0.2) is 0 Å². The van der Waals surface area contributed by atoms with Crippen molar-refractivity contribution in [3.8, 4) is 0 Å². The van der Waals surface area contributed by atoms with Crippen LogP contribution in [0.5, 0.6) is 0 Å². The maximum atomic E-state index is 5.24. The molecule has 0 aliphatic heterocycles. The first-order valence-electron chi connectivity index (χ1n) is 33.5. The molecule has 0 heterocycles. The second-order valence-corrected chi connectivity index (χ2v) is 23.5. The summed E-state index contributed by atoms with van der Waals surface area (Å²) in [5, 5.41) is 0. The maximum Gasteiger partial charge on any atom is 0.0636 e. The topological polar surface area (TPSA) is 24.7 Å². The van der Waals surface area contributed by atoms with E-state index in [4.69, 9.17) is 9.98 Å². The second-order valence-electron chi connectivity index (χ2n) is 23.5. The Morgan fingerprint density at radius 2 is 0.514 bits per heavy atom. The minimum Gasteiger partial charge on any atom is -0.252 e. The largest absolute Gasteiger partial charge is 0.252 e. The Bertz CT molecular complexity index is 1510. The van der Waals surface area contributed by atoms with Gasteiger partial charge in [-0.05, 0) is 80.8 Å². The van der Waals surface area contributed by atoms with Gasteiger partial charge in [-0.3, -0.25) is 9.98 Å². The van der Waals surface area contributed by atoms with E-state index in [1.165, 1.54) is 326 Å². The van der Waals surface area contributed by atoms with Crippen LogP contribution in [-0.2, 0) is 33.3 Å². The van der Waals surface area contributed by atoms with Crippen molar-refractivity contribution >= 4 is 22.8 Å². The van der Waals surface area contributed by atoms with Gasteiger partial charge in [0.2, 0.25) is 0 Å². The van der Waals surface area contributed by atoms with E-state index in [0.29, 0.717) is 0 Å². The number of hydrogen-bond donors (Lipinski definition) is 0. The zero-order valence-corrected chi connectivity index (χ0v) is 51.9. The molecule has 2 rings (SSSR count). The molecule has 0 radical (unpaired) electrons. The SMILES string of the molecule is CCCCCCCCCCCCCCCCCCCCCCCCCCc1cccc(N=C(C)C(CCCC)=Nc2cccc(CCCCCCCCCCCCCCCCCCCCCCCCCC)c2)c1.[Pd]. The molecule has 74 heavy (non-hydrogen) atoms. The molecule has 430 valence electrons. The Hall–Kier alpha value is -1.56. The predicted octanol–water partition coefficient (Wildman–Crippen LogP) is 25.6. The van der Waals surface area contributed by atoms with Crippen LogP contribution in [0.15, 0.2) is 58.5 Å². The summed E-state index contributed by atoms with van der Waals surface area (Å²) in [6, 6.07) is 18.0. The quantitative estimate of drug-likeness (QED) is 0.0358. The molecule has 0 unspecified atom stereocenters. The third-order valence-electron chi connectivity index (χ3n) is 16.2. The Kier molecular flexibility index (Phi) is 53.5. The van der Waals surface area contributed by atoms with Gasteiger partial charge in [0, 0.05) is 20.4 Å². The Labute approximate surface area is 478 Å². The van der Waals surface area contributed by atoms with Crippen LogP contribution in [0, 0.1) is 0 Å². The minimum absolute atomic E-state index is 0. The van der Waals surface area contributed by atoms with Crippen LogP contribution in [0.4, 0.5) is 11.4 Å². The van der Waals surface area contributed by atoms with Crippen molar-refractivity contribution in [1.82, 2.24) is 0 Å². The van der Waals surface area contributed by atoms with Gasteiger partial charge in [-0.15, -0.1) is 0 Å². The first kappa shape index (κ1) is 70.5. The molecule has 2 aromatic rings. The van der Waals surface area contributed by atoms with E-state index >= 15 is 0 Å². The van der Waals surface area contributed by atoms with Crippen LogP contribution in [0.2, 0.25) is 0 Å². The zero-order chi connectivity index (χ0) is 52.0. The van der Waals surface area contributed by atoms with Crippen molar-refractivity contribution in [3.63, 3.8) is 0 Å². The van der Waals surface area contributed by atoms with E-state index < -0.39 is 0 Å². The van der Waals surface area contributed by atoms with Crippen LogP contribution in [0.25, 0.3) is 0 Å². The molecule has 0 N–H and O–H groups in total. The monoisotopic (exact) mass is 1110 g/mol. The van der Waals surface area contributed by atoms with Crippen molar-refractivity contribution in [1.29, 1.82) is 0 Å². The molecule has 2 nitrogen and oxygen atoms in total. The first-order chi connectivity index (χ1) is 36.2. The molecule has 0 amide bonds. The van der Waals surface area contributed by atoms with Crippen LogP contribution >= 0.6 is 0 Å². The van der Waals surface area contributed by atoms with E-state index in [-0.39, 0.29) is 20.4 Å². The summed E-state index contributed by atoms with van der Waals surface area (Å²) in [6.45, 7) is 9.07. The van der Waals surface area contributed by atoms with Gasteiger partial charge in [0.1, 0.15) is 0 Å². The van der Waals surface area contributed by atoms with E-state index in [9.17, 15) is 0 Å². The van der Waals surface area contributed by atoms with Crippen LogP contribution in [0.3, 0.4) is 0 Å². The van der Waals surface area contributed by atoms with Crippen molar-refractivity contribution in [2.24, 2.45) is 9.98 Å². The molecule has 0 bridgehead atoms. The van der Waals surface area contributed by atoms with Crippen LogP contribution in [-0.4, -0.2) is 11.4 Å². The van der Waals surface area contributed by atoms with Gasteiger partial charge in [-0.2, -0.15) is 0 Å². The second kappa shape index (κ2) is 56.2. The van der Waals surface area contributed by atoms with Gasteiger partial charge in [-0.1, -0.05) is 347 Å². The van der Waals surface area contributed by atoms with E-state index in [1.807, 2.05) is 0 Å². The fourth-order valence-electron chi connectivity index (χ4n) is 11.2. The fourth-order valence-corrected chi connectivity index (χ4v) is 11.2.